The Morgan fingerprint density at radius 3 is 2.06 bits per heavy atom. The van der Waals surface area contributed by atoms with Gasteiger partial charge < -0.3 is 15.2 Å². The van der Waals surface area contributed by atoms with Gasteiger partial charge in [0.1, 0.15) is 17.1 Å². The van der Waals surface area contributed by atoms with Crippen molar-refractivity contribution in [2.24, 2.45) is 23.5 Å². The number of carbonyl (C=O) groups excluding carboxylic acids is 1. The van der Waals surface area contributed by atoms with Crippen LogP contribution in [-0.4, -0.2) is 18.1 Å². The standard InChI is InChI=1S/C31H53NO3/c1-21(2)12-9-13-22(3)14-10-15-23(4)16-11-18-31(8)19-17-27-26(7)29(34-28(33)20-32)24(5)25(6)30(27)35-31/h21-23H,9-20,32H2,1-8H3. The quantitative estimate of drug-likeness (QED) is 0.213. The van der Waals surface area contributed by atoms with Gasteiger partial charge in [-0.1, -0.05) is 72.6 Å². The molecule has 1 aromatic carbocycles. The lowest BCUT2D eigenvalue weighted by atomic mass is 9.83. The Balaban J connectivity index is 1.84. The van der Waals surface area contributed by atoms with Gasteiger partial charge in [0.25, 0.3) is 0 Å². The molecule has 0 saturated carbocycles. The highest BCUT2D eigenvalue weighted by atomic mass is 16.5. The van der Waals surface area contributed by atoms with E-state index in [1.165, 1.54) is 56.9 Å². The lowest BCUT2D eigenvalue weighted by molar-refractivity contribution is -0.132. The van der Waals surface area contributed by atoms with E-state index in [2.05, 4.69) is 41.5 Å². The van der Waals surface area contributed by atoms with E-state index in [0.717, 1.165) is 59.5 Å². The van der Waals surface area contributed by atoms with Crippen molar-refractivity contribution in [3.8, 4) is 11.5 Å². The molecule has 35 heavy (non-hydrogen) atoms. The highest BCUT2D eigenvalue weighted by molar-refractivity contribution is 5.76. The van der Waals surface area contributed by atoms with Gasteiger partial charge in [0.15, 0.2) is 0 Å². The lowest BCUT2D eigenvalue weighted by Crippen LogP contribution is -2.37. The minimum atomic E-state index is -0.396. The van der Waals surface area contributed by atoms with E-state index in [1.807, 2.05) is 13.8 Å². The molecule has 1 aliphatic heterocycles. The summed E-state index contributed by atoms with van der Waals surface area (Å²) >= 11 is 0. The molecule has 4 nitrogen and oxygen atoms in total. The van der Waals surface area contributed by atoms with Crippen molar-refractivity contribution in [3.05, 3.63) is 22.3 Å². The van der Waals surface area contributed by atoms with E-state index in [9.17, 15) is 4.79 Å². The maximum Gasteiger partial charge on any atom is 0.325 e. The summed E-state index contributed by atoms with van der Waals surface area (Å²) in [7, 11) is 0. The predicted octanol–water partition coefficient (Wildman–Crippen LogP) is 8.00. The fourth-order valence-electron chi connectivity index (χ4n) is 5.57. The topological polar surface area (TPSA) is 61.5 Å². The van der Waals surface area contributed by atoms with Gasteiger partial charge in [0, 0.05) is 5.56 Å². The molecule has 3 unspecified atom stereocenters. The van der Waals surface area contributed by atoms with Gasteiger partial charge in [-0.25, -0.2) is 0 Å². The van der Waals surface area contributed by atoms with E-state index < -0.39 is 5.97 Å². The zero-order valence-corrected chi connectivity index (χ0v) is 24.0. The molecule has 0 saturated heterocycles. The molecule has 1 aliphatic rings. The van der Waals surface area contributed by atoms with Gasteiger partial charge in [0.2, 0.25) is 0 Å². The average molecular weight is 488 g/mol. The minimum Gasteiger partial charge on any atom is -0.487 e. The maximum atomic E-state index is 11.8. The zero-order chi connectivity index (χ0) is 26.2. The second-order valence-corrected chi connectivity index (χ2v) is 12.1. The van der Waals surface area contributed by atoms with Crippen LogP contribution in [0.15, 0.2) is 0 Å². The van der Waals surface area contributed by atoms with Gasteiger partial charge in [-0.2, -0.15) is 0 Å². The Hall–Kier alpha value is -1.55. The predicted molar refractivity (Wildman–Crippen MR) is 147 cm³/mol. The smallest absolute Gasteiger partial charge is 0.325 e. The summed E-state index contributed by atoms with van der Waals surface area (Å²) in [5, 5.41) is 0. The minimum absolute atomic E-state index is 0.112. The monoisotopic (exact) mass is 487 g/mol. The number of carbonyl (C=O) groups is 1. The van der Waals surface area contributed by atoms with Gasteiger partial charge in [-0.05, 0) is 87.8 Å². The van der Waals surface area contributed by atoms with Crippen molar-refractivity contribution in [1.29, 1.82) is 0 Å². The second kappa shape index (κ2) is 13.7. The summed E-state index contributed by atoms with van der Waals surface area (Å²) in [5.74, 6) is 3.74. The van der Waals surface area contributed by atoms with Crippen LogP contribution in [0.5, 0.6) is 11.5 Å². The summed E-state index contributed by atoms with van der Waals surface area (Å²) in [6.45, 7) is 17.8. The van der Waals surface area contributed by atoms with Crippen molar-refractivity contribution in [3.63, 3.8) is 0 Å². The van der Waals surface area contributed by atoms with Crippen molar-refractivity contribution in [2.75, 3.05) is 6.54 Å². The van der Waals surface area contributed by atoms with Gasteiger partial charge in [-0.15, -0.1) is 0 Å². The molecule has 4 heteroatoms. The van der Waals surface area contributed by atoms with Crippen LogP contribution in [0, 0.1) is 38.5 Å². The molecule has 0 radical (unpaired) electrons. The summed E-state index contributed by atoms with van der Waals surface area (Å²) in [5.41, 5.74) is 9.58. The Kier molecular flexibility index (Phi) is 11.6. The number of esters is 1. The molecule has 0 spiro atoms. The average Bonchev–Trinajstić information content (AvgIpc) is 2.79. The van der Waals surface area contributed by atoms with Crippen molar-refractivity contribution in [1.82, 2.24) is 0 Å². The van der Waals surface area contributed by atoms with Crippen LogP contribution in [0.2, 0.25) is 0 Å². The van der Waals surface area contributed by atoms with Gasteiger partial charge in [0.05, 0.1) is 6.54 Å². The molecular formula is C31H53NO3. The van der Waals surface area contributed by atoms with Crippen LogP contribution < -0.4 is 15.2 Å². The number of fused-ring (bicyclic) bond motifs is 1. The van der Waals surface area contributed by atoms with Crippen LogP contribution in [0.25, 0.3) is 0 Å². The van der Waals surface area contributed by atoms with E-state index in [-0.39, 0.29) is 12.1 Å². The summed E-state index contributed by atoms with van der Waals surface area (Å²) in [6.07, 6.45) is 13.7. The summed E-state index contributed by atoms with van der Waals surface area (Å²) < 4.78 is 12.3. The molecule has 1 aromatic rings. The highest BCUT2D eigenvalue weighted by Gasteiger charge is 2.34. The van der Waals surface area contributed by atoms with Crippen molar-refractivity contribution >= 4 is 5.97 Å². The third-order valence-corrected chi connectivity index (χ3v) is 8.22. The first kappa shape index (κ1) is 29.7. The molecule has 2 N–H and O–H groups in total. The third-order valence-electron chi connectivity index (χ3n) is 8.22. The first-order chi connectivity index (χ1) is 16.5. The molecule has 0 bridgehead atoms. The lowest BCUT2D eigenvalue weighted by Gasteiger charge is -2.38. The fourth-order valence-corrected chi connectivity index (χ4v) is 5.57. The fraction of sp³-hybridized carbons (Fsp3) is 0.774. The summed E-state index contributed by atoms with van der Waals surface area (Å²) in [6, 6.07) is 0. The molecule has 0 amide bonds. The Bertz CT molecular complexity index is 831. The van der Waals surface area contributed by atoms with Gasteiger partial charge >= 0.3 is 5.97 Å². The number of nitrogens with two attached hydrogens (primary N) is 1. The molecule has 2 rings (SSSR count). The Labute approximate surface area is 215 Å². The van der Waals surface area contributed by atoms with Crippen molar-refractivity contribution < 1.29 is 14.3 Å². The van der Waals surface area contributed by atoms with E-state index in [1.54, 1.807) is 0 Å². The van der Waals surface area contributed by atoms with Crippen molar-refractivity contribution in [2.45, 2.75) is 132 Å². The molecule has 0 fully saturated rings. The Morgan fingerprint density at radius 2 is 1.49 bits per heavy atom. The molecule has 1 heterocycles. The zero-order valence-electron chi connectivity index (χ0n) is 24.0. The SMILES string of the molecule is Cc1c(C)c2c(c(C)c1OC(=O)CN)CCC(C)(CCCC(C)CCCC(C)CCCC(C)C)O2. The largest absolute Gasteiger partial charge is 0.487 e. The van der Waals surface area contributed by atoms with Crippen LogP contribution in [0.4, 0.5) is 0 Å². The summed E-state index contributed by atoms with van der Waals surface area (Å²) in [4.78, 5) is 11.8. The third kappa shape index (κ3) is 8.81. The molecular weight excluding hydrogens is 434 g/mol. The Morgan fingerprint density at radius 1 is 0.914 bits per heavy atom. The van der Waals surface area contributed by atoms with E-state index >= 15 is 0 Å². The van der Waals surface area contributed by atoms with Crippen LogP contribution in [-0.2, 0) is 11.2 Å². The number of rotatable bonds is 14. The first-order valence-corrected chi connectivity index (χ1v) is 14.2. The first-order valence-electron chi connectivity index (χ1n) is 14.2. The number of hydrogen-bond acceptors (Lipinski definition) is 4. The second-order valence-electron chi connectivity index (χ2n) is 12.1. The van der Waals surface area contributed by atoms with E-state index in [4.69, 9.17) is 15.2 Å². The van der Waals surface area contributed by atoms with E-state index in [0.29, 0.717) is 5.75 Å². The number of benzene rings is 1. The molecule has 0 aromatic heterocycles. The normalized spacial score (nSPS) is 19.3. The molecule has 3 atom stereocenters. The number of ether oxygens (including phenoxy) is 2. The highest BCUT2D eigenvalue weighted by Crippen LogP contribution is 2.45. The number of hydrogen-bond donors (Lipinski definition) is 1. The molecule has 200 valence electrons. The van der Waals surface area contributed by atoms with Crippen LogP contribution in [0.1, 0.15) is 121 Å². The van der Waals surface area contributed by atoms with Crippen LogP contribution >= 0.6 is 0 Å². The van der Waals surface area contributed by atoms with Gasteiger partial charge in [-0.3, -0.25) is 4.79 Å². The van der Waals surface area contributed by atoms with Crippen LogP contribution in [0.3, 0.4) is 0 Å². The molecule has 0 aliphatic carbocycles. The maximum absolute atomic E-state index is 11.8.